The number of benzene rings is 1. The number of hydrogen-bond donors (Lipinski definition) is 0. The van der Waals surface area contributed by atoms with Crippen LogP contribution < -0.4 is 0 Å². The summed E-state index contributed by atoms with van der Waals surface area (Å²) >= 11 is 7.88. The molecule has 0 bridgehead atoms. The second kappa shape index (κ2) is 8.77. The summed E-state index contributed by atoms with van der Waals surface area (Å²) < 4.78 is 7.63. The van der Waals surface area contributed by atoms with Crippen LogP contribution in [0.2, 0.25) is 5.02 Å². The van der Waals surface area contributed by atoms with Crippen LogP contribution >= 0.6 is 22.9 Å². The van der Waals surface area contributed by atoms with Gasteiger partial charge in [-0.05, 0) is 38.5 Å². The minimum absolute atomic E-state index is 0.264. The summed E-state index contributed by atoms with van der Waals surface area (Å²) in [4.78, 5) is 10.7. The topological polar surface area (TPSA) is 69.1 Å². The van der Waals surface area contributed by atoms with E-state index in [1.165, 1.54) is 10.4 Å². The van der Waals surface area contributed by atoms with E-state index in [1.54, 1.807) is 23.8 Å². The molecule has 1 atom stereocenters. The number of hydrogen-bond acceptors (Lipinski definition) is 6. The summed E-state index contributed by atoms with van der Waals surface area (Å²) in [6, 6.07) is 7.55. The third-order valence-corrected chi connectivity index (χ3v) is 6.65. The molecule has 8 heteroatoms. The number of aliphatic imine (C=N–C) groups is 1. The molecule has 0 saturated heterocycles. The van der Waals surface area contributed by atoms with E-state index in [-0.39, 0.29) is 6.04 Å². The minimum atomic E-state index is -0.264. The molecule has 31 heavy (non-hydrogen) atoms. The third kappa shape index (κ3) is 3.83. The number of thiophene rings is 1. The molecular weight excluding hydrogens is 430 g/mol. The quantitative estimate of drug-likeness (QED) is 0.378. The molecule has 0 aliphatic carbocycles. The third-order valence-electron chi connectivity index (χ3n) is 5.21. The van der Waals surface area contributed by atoms with Crippen molar-refractivity contribution in [2.75, 3.05) is 0 Å². The predicted molar refractivity (Wildman–Crippen MR) is 125 cm³/mol. The molecule has 0 saturated carbocycles. The summed E-state index contributed by atoms with van der Waals surface area (Å²) in [5.74, 6) is 2.26. The number of aromatic nitrogens is 4. The first-order valence-corrected chi connectivity index (χ1v) is 11.5. The summed E-state index contributed by atoms with van der Waals surface area (Å²) in [5, 5.41) is 10.6. The maximum atomic E-state index is 6.14. The molecule has 0 amide bonds. The lowest BCUT2D eigenvalue weighted by molar-refractivity contribution is 0.467. The maximum Gasteiger partial charge on any atom is 0.196 e. The van der Waals surface area contributed by atoms with Crippen LogP contribution in [-0.2, 0) is 6.42 Å². The van der Waals surface area contributed by atoms with Gasteiger partial charge in [0.25, 0.3) is 0 Å². The average molecular weight is 454 g/mol. The van der Waals surface area contributed by atoms with Gasteiger partial charge >= 0.3 is 0 Å². The highest BCUT2D eigenvalue weighted by Gasteiger charge is 2.32. The molecule has 0 unspecified atom stereocenters. The Balaban J connectivity index is 0.00000112. The molecule has 0 fully saturated rings. The smallest absolute Gasteiger partial charge is 0.196 e. The van der Waals surface area contributed by atoms with E-state index in [9.17, 15) is 0 Å². The number of halogens is 1. The zero-order valence-corrected chi connectivity index (χ0v) is 19.8. The van der Waals surface area contributed by atoms with Gasteiger partial charge in [0.2, 0.25) is 0 Å². The van der Waals surface area contributed by atoms with Crippen LogP contribution in [0.4, 0.5) is 0 Å². The van der Waals surface area contributed by atoms with Crippen molar-refractivity contribution in [1.29, 1.82) is 0 Å². The minimum Gasteiger partial charge on any atom is -0.449 e. The van der Waals surface area contributed by atoms with Crippen molar-refractivity contribution >= 4 is 28.6 Å². The van der Waals surface area contributed by atoms with Crippen LogP contribution in [0, 0.1) is 20.8 Å². The first-order valence-electron chi connectivity index (χ1n) is 10.3. The summed E-state index contributed by atoms with van der Waals surface area (Å²) in [5.41, 5.74) is 4.29. The fraction of sp³-hybridized carbons (Fsp3) is 0.304. The van der Waals surface area contributed by atoms with Crippen molar-refractivity contribution in [3.8, 4) is 5.00 Å². The Labute approximate surface area is 190 Å². The van der Waals surface area contributed by atoms with Gasteiger partial charge in [0.1, 0.15) is 23.1 Å². The normalized spacial score (nSPS) is 14.8. The average Bonchev–Trinajstić information content (AvgIpc) is 3.46. The molecule has 0 radical (unpaired) electrons. The summed E-state index contributed by atoms with van der Waals surface area (Å²) in [6.45, 7) is 10.3. The van der Waals surface area contributed by atoms with Crippen molar-refractivity contribution in [2.24, 2.45) is 4.99 Å². The van der Waals surface area contributed by atoms with Crippen molar-refractivity contribution in [3.63, 3.8) is 0 Å². The maximum absolute atomic E-state index is 6.14. The van der Waals surface area contributed by atoms with Crippen LogP contribution in [0.5, 0.6) is 0 Å². The fourth-order valence-corrected chi connectivity index (χ4v) is 4.99. The Kier molecular flexibility index (Phi) is 6.07. The molecule has 1 aromatic carbocycles. The van der Waals surface area contributed by atoms with Crippen molar-refractivity contribution < 1.29 is 4.42 Å². The highest BCUT2D eigenvalue weighted by molar-refractivity contribution is 7.15. The number of nitrogens with zero attached hydrogens (tertiary/aromatic N) is 5. The molecule has 1 aliphatic rings. The molecule has 1 aliphatic heterocycles. The van der Waals surface area contributed by atoms with E-state index in [0.29, 0.717) is 17.3 Å². The monoisotopic (exact) mass is 453 g/mol. The lowest BCUT2D eigenvalue weighted by Crippen LogP contribution is -2.09. The fourth-order valence-electron chi connectivity index (χ4n) is 3.65. The van der Waals surface area contributed by atoms with E-state index in [2.05, 4.69) is 33.6 Å². The highest BCUT2D eigenvalue weighted by atomic mass is 35.5. The Hall–Kier alpha value is -2.77. The van der Waals surface area contributed by atoms with Gasteiger partial charge in [0.15, 0.2) is 11.7 Å². The van der Waals surface area contributed by atoms with E-state index in [1.807, 2.05) is 45.0 Å². The summed E-state index contributed by atoms with van der Waals surface area (Å²) in [6.07, 6.45) is 3.74. The van der Waals surface area contributed by atoms with Crippen LogP contribution in [0.15, 0.2) is 46.1 Å². The molecule has 0 spiro atoms. The Morgan fingerprint density at radius 3 is 2.52 bits per heavy atom. The number of oxazole rings is 1. The van der Waals surface area contributed by atoms with E-state index >= 15 is 0 Å². The van der Waals surface area contributed by atoms with E-state index < -0.39 is 0 Å². The SMILES string of the molecule is CC.Cc1sc2c(c1C)C(c1ccc(Cl)cc1)=N[C@@H](Cc1ncco1)c1nnc(C)n1-2. The molecule has 160 valence electrons. The Morgan fingerprint density at radius 2 is 1.84 bits per heavy atom. The van der Waals surface area contributed by atoms with Crippen molar-refractivity contribution in [2.45, 2.75) is 47.1 Å². The van der Waals surface area contributed by atoms with Crippen molar-refractivity contribution in [3.05, 3.63) is 80.9 Å². The van der Waals surface area contributed by atoms with Crippen LogP contribution in [0.1, 0.15) is 59.0 Å². The van der Waals surface area contributed by atoms with Gasteiger partial charge < -0.3 is 4.42 Å². The lowest BCUT2D eigenvalue weighted by Gasteiger charge is -2.11. The van der Waals surface area contributed by atoms with Gasteiger partial charge in [-0.3, -0.25) is 9.56 Å². The van der Waals surface area contributed by atoms with Crippen LogP contribution in [-0.4, -0.2) is 25.5 Å². The molecule has 6 nitrogen and oxygen atoms in total. The Morgan fingerprint density at radius 1 is 1.10 bits per heavy atom. The first-order chi connectivity index (χ1) is 15.0. The zero-order valence-electron chi connectivity index (χ0n) is 18.2. The molecule has 4 heterocycles. The second-order valence-corrected chi connectivity index (χ2v) is 8.67. The van der Waals surface area contributed by atoms with Crippen molar-refractivity contribution in [1.82, 2.24) is 19.7 Å². The van der Waals surface area contributed by atoms with Gasteiger partial charge in [-0.2, -0.15) is 0 Å². The standard InChI is InChI=1S/C21H18ClN5OS.C2H6/c1-11-12(2)29-21-18(11)19(14-4-6-15(22)7-5-14)24-16(10-17-23-8-9-28-17)20-26-25-13(3)27(20)21;1-2/h4-9,16H,10H2,1-3H3;1-2H3/t16-;/m0./s1. The largest absolute Gasteiger partial charge is 0.449 e. The van der Waals surface area contributed by atoms with Crippen LogP contribution in [0.3, 0.4) is 0 Å². The predicted octanol–water partition coefficient (Wildman–Crippen LogP) is 6.06. The van der Waals surface area contributed by atoms with Gasteiger partial charge in [-0.15, -0.1) is 21.5 Å². The number of fused-ring (bicyclic) bond motifs is 3. The Bertz CT molecular complexity index is 1220. The lowest BCUT2D eigenvalue weighted by atomic mass is 9.99. The number of aryl methyl sites for hydroxylation is 2. The first kappa shape index (κ1) is 21.5. The summed E-state index contributed by atoms with van der Waals surface area (Å²) in [7, 11) is 0. The molecule has 0 N–H and O–H groups in total. The van der Waals surface area contributed by atoms with E-state index in [0.717, 1.165) is 33.5 Å². The van der Waals surface area contributed by atoms with Gasteiger partial charge in [0, 0.05) is 21.0 Å². The molecule has 5 rings (SSSR count). The van der Waals surface area contributed by atoms with Crippen LogP contribution in [0.25, 0.3) is 5.00 Å². The zero-order chi connectivity index (χ0) is 22.1. The van der Waals surface area contributed by atoms with E-state index in [4.69, 9.17) is 21.0 Å². The van der Waals surface area contributed by atoms with Gasteiger partial charge in [0.05, 0.1) is 18.3 Å². The van der Waals surface area contributed by atoms with Gasteiger partial charge in [-0.1, -0.05) is 37.6 Å². The molecule has 4 aromatic rings. The highest BCUT2D eigenvalue weighted by Crippen LogP contribution is 2.39. The molecule has 3 aromatic heterocycles. The molecular formula is C23H24ClN5OS. The number of rotatable bonds is 3. The second-order valence-electron chi connectivity index (χ2n) is 7.03. The van der Waals surface area contributed by atoms with Gasteiger partial charge in [-0.25, -0.2) is 4.98 Å².